The number of thiophene rings is 1. The van der Waals surface area contributed by atoms with Gasteiger partial charge in [0.05, 0.1) is 12.8 Å². The van der Waals surface area contributed by atoms with Crippen LogP contribution in [0.25, 0.3) is 0 Å². The molecule has 0 aliphatic rings. The van der Waals surface area contributed by atoms with E-state index in [1.54, 1.807) is 7.11 Å². The number of rotatable bonds is 4. The predicted molar refractivity (Wildman–Crippen MR) is 81.8 cm³/mol. The molecule has 0 aliphatic carbocycles. The largest absolute Gasteiger partial charge is 0.497 e. The third kappa shape index (κ3) is 3.06. The van der Waals surface area contributed by atoms with E-state index in [0.717, 1.165) is 22.5 Å². The van der Waals surface area contributed by atoms with Crippen LogP contribution in [0.4, 0.5) is 5.69 Å². The SMILES string of the molecule is COc1ccc(Br)c(NCc2cc(C)sc2C)c1. The molecule has 2 aromatic rings. The Balaban J connectivity index is 2.12. The van der Waals surface area contributed by atoms with Gasteiger partial charge in [-0.3, -0.25) is 0 Å². The van der Waals surface area contributed by atoms with E-state index >= 15 is 0 Å². The van der Waals surface area contributed by atoms with Crippen molar-refractivity contribution in [2.75, 3.05) is 12.4 Å². The molecule has 0 saturated carbocycles. The van der Waals surface area contributed by atoms with Crippen molar-refractivity contribution in [2.45, 2.75) is 20.4 Å². The molecule has 4 heteroatoms. The third-order valence-corrected chi connectivity index (χ3v) is 4.49. The molecule has 0 bridgehead atoms. The van der Waals surface area contributed by atoms with E-state index in [1.165, 1.54) is 15.3 Å². The first-order valence-electron chi connectivity index (χ1n) is 5.73. The zero-order chi connectivity index (χ0) is 13.1. The van der Waals surface area contributed by atoms with E-state index < -0.39 is 0 Å². The first kappa shape index (κ1) is 13.4. The Bertz CT molecular complexity index is 551. The van der Waals surface area contributed by atoms with Gasteiger partial charge in [0.15, 0.2) is 0 Å². The maximum Gasteiger partial charge on any atom is 0.121 e. The molecule has 0 atom stereocenters. The van der Waals surface area contributed by atoms with Gasteiger partial charge >= 0.3 is 0 Å². The van der Waals surface area contributed by atoms with Crippen molar-refractivity contribution in [3.05, 3.63) is 44.1 Å². The molecule has 1 N–H and O–H groups in total. The summed E-state index contributed by atoms with van der Waals surface area (Å²) in [5.41, 5.74) is 2.41. The molecule has 1 aromatic heterocycles. The summed E-state index contributed by atoms with van der Waals surface area (Å²) in [7, 11) is 1.68. The van der Waals surface area contributed by atoms with Crippen molar-refractivity contribution >= 4 is 33.0 Å². The number of hydrogen-bond donors (Lipinski definition) is 1. The maximum atomic E-state index is 5.23. The lowest BCUT2D eigenvalue weighted by Crippen LogP contribution is -2.00. The van der Waals surface area contributed by atoms with Crippen molar-refractivity contribution in [1.82, 2.24) is 0 Å². The van der Waals surface area contributed by atoms with Gasteiger partial charge in [0, 0.05) is 26.8 Å². The van der Waals surface area contributed by atoms with Gasteiger partial charge in [-0.05, 0) is 53.5 Å². The molecule has 0 fully saturated rings. The number of aryl methyl sites for hydroxylation is 2. The van der Waals surface area contributed by atoms with Crippen LogP contribution in [0.1, 0.15) is 15.3 Å². The Hall–Kier alpha value is -1.00. The molecule has 1 aromatic carbocycles. The topological polar surface area (TPSA) is 21.3 Å². The number of nitrogens with one attached hydrogen (secondary N) is 1. The zero-order valence-electron chi connectivity index (χ0n) is 10.7. The summed E-state index contributed by atoms with van der Waals surface area (Å²) in [5.74, 6) is 0.860. The molecular formula is C14H16BrNOS. The predicted octanol–water partition coefficient (Wildman–Crippen LogP) is 4.75. The lowest BCUT2D eigenvalue weighted by atomic mass is 10.2. The second-order valence-corrected chi connectivity index (χ2v) is 6.45. The van der Waals surface area contributed by atoms with Crippen LogP contribution in [0, 0.1) is 13.8 Å². The lowest BCUT2D eigenvalue weighted by Gasteiger charge is -2.10. The van der Waals surface area contributed by atoms with E-state index in [9.17, 15) is 0 Å². The number of halogens is 1. The minimum atomic E-state index is 0.835. The van der Waals surface area contributed by atoms with Crippen LogP contribution in [0.15, 0.2) is 28.7 Å². The van der Waals surface area contributed by atoms with Crippen molar-refractivity contribution < 1.29 is 4.74 Å². The van der Waals surface area contributed by atoms with Crippen LogP contribution < -0.4 is 10.1 Å². The van der Waals surface area contributed by atoms with Gasteiger partial charge in [0.2, 0.25) is 0 Å². The lowest BCUT2D eigenvalue weighted by molar-refractivity contribution is 0.415. The molecule has 18 heavy (non-hydrogen) atoms. The second kappa shape index (κ2) is 5.76. The number of anilines is 1. The van der Waals surface area contributed by atoms with E-state index in [2.05, 4.69) is 41.2 Å². The molecule has 0 aliphatic heterocycles. The highest BCUT2D eigenvalue weighted by Gasteiger charge is 2.05. The van der Waals surface area contributed by atoms with Crippen LogP contribution in [0.3, 0.4) is 0 Å². The molecule has 0 saturated heterocycles. The Labute approximate surface area is 120 Å². The fraction of sp³-hybridized carbons (Fsp3) is 0.286. The average molecular weight is 326 g/mol. The summed E-state index contributed by atoms with van der Waals surface area (Å²) in [6.07, 6.45) is 0. The van der Waals surface area contributed by atoms with Crippen LogP contribution in [-0.4, -0.2) is 7.11 Å². The second-order valence-electron chi connectivity index (χ2n) is 4.14. The molecule has 2 rings (SSSR count). The molecular weight excluding hydrogens is 310 g/mol. The number of ether oxygens (including phenoxy) is 1. The first-order valence-corrected chi connectivity index (χ1v) is 7.34. The van der Waals surface area contributed by atoms with Crippen LogP contribution in [0.2, 0.25) is 0 Å². The summed E-state index contributed by atoms with van der Waals surface area (Å²) in [6.45, 7) is 5.14. The highest BCUT2D eigenvalue weighted by Crippen LogP contribution is 2.28. The summed E-state index contributed by atoms with van der Waals surface area (Å²) in [6, 6.07) is 8.17. The Morgan fingerprint density at radius 2 is 2.06 bits per heavy atom. The maximum absolute atomic E-state index is 5.23. The molecule has 0 amide bonds. The molecule has 96 valence electrons. The Morgan fingerprint density at radius 1 is 1.28 bits per heavy atom. The number of hydrogen-bond acceptors (Lipinski definition) is 3. The van der Waals surface area contributed by atoms with Crippen molar-refractivity contribution in [3.8, 4) is 5.75 Å². The van der Waals surface area contributed by atoms with Gasteiger partial charge < -0.3 is 10.1 Å². The molecule has 0 radical (unpaired) electrons. The van der Waals surface area contributed by atoms with Gasteiger partial charge in [-0.25, -0.2) is 0 Å². The van der Waals surface area contributed by atoms with Crippen LogP contribution in [-0.2, 0) is 6.54 Å². The average Bonchev–Trinajstić information content (AvgIpc) is 2.67. The van der Waals surface area contributed by atoms with Crippen LogP contribution in [0.5, 0.6) is 5.75 Å². The van der Waals surface area contributed by atoms with Gasteiger partial charge in [0.25, 0.3) is 0 Å². The summed E-state index contributed by atoms with van der Waals surface area (Å²) in [4.78, 5) is 2.73. The van der Waals surface area contributed by atoms with Crippen molar-refractivity contribution in [1.29, 1.82) is 0 Å². The molecule has 0 spiro atoms. The quantitative estimate of drug-likeness (QED) is 0.875. The molecule has 0 unspecified atom stereocenters. The van der Waals surface area contributed by atoms with E-state index in [1.807, 2.05) is 29.5 Å². The summed E-state index contributed by atoms with van der Waals surface area (Å²) >= 11 is 5.38. The van der Waals surface area contributed by atoms with E-state index in [0.29, 0.717) is 0 Å². The normalized spacial score (nSPS) is 10.4. The van der Waals surface area contributed by atoms with E-state index in [4.69, 9.17) is 4.74 Å². The van der Waals surface area contributed by atoms with Crippen molar-refractivity contribution in [3.63, 3.8) is 0 Å². The number of methoxy groups -OCH3 is 1. The van der Waals surface area contributed by atoms with Gasteiger partial charge in [-0.2, -0.15) is 0 Å². The van der Waals surface area contributed by atoms with Crippen LogP contribution >= 0.6 is 27.3 Å². The fourth-order valence-corrected chi connectivity index (χ4v) is 3.15. The summed E-state index contributed by atoms with van der Waals surface area (Å²) in [5, 5.41) is 3.44. The minimum absolute atomic E-state index is 0.835. The zero-order valence-corrected chi connectivity index (χ0v) is 13.1. The Morgan fingerprint density at radius 3 is 2.67 bits per heavy atom. The number of benzene rings is 1. The smallest absolute Gasteiger partial charge is 0.121 e. The highest BCUT2D eigenvalue weighted by atomic mass is 79.9. The summed E-state index contributed by atoms with van der Waals surface area (Å²) < 4.78 is 6.28. The molecule has 1 heterocycles. The van der Waals surface area contributed by atoms with Gasteiger partial charge in [0.1, 0.15) is 5.75 Å². The van der Waals surface area contributed by atoms with E-state index in [-0.39, 0.29) is 0 Å². The monoisotopic (exact) mass is 325 g/mol. The molecule has 2 nitrogen and oxygen atoms in total. The Kier molecular flexibility index (Phi) is 4.30. The third-order valence-electron chi connectivity index (χ3n) is 2.79. The highest BCUT2D eigenvalue weighted by molar-refractivity contribution is 9.10. The van der Waals surface area contributed by atoms with Gasteiger partial charge in [-0.1, -0.05) is 0 Å². The first-order chi connectivity index (χ1) is 8.60. The van der Waals surface area contributed by atoms with Gasteiger partial charge in [-0.15, -0.1) is 11.3 Å². The van der Waals surface area contributed by atoms with Crippen molar-refractivity contribution in [2.24, 2.45) is 0 Å². The standard InChI is InChI=1S/C14H16BrNOS/c1-9-6-11(10(2)18-9)8-16-14-7-12(17-3)4-5-13(14)15/h4-7,16H,8H2,1-3H3. The fourth-order valence-electron chi connectivity index (χ4n) is 1.82. The minimum Gasteiger partial charge on any atom is -0.497 e.